The fourth-order valence-electron chi connectivity index (χ4n) is 2.38. The molecule has 1 aromatic carbocycles. The zero-order valence-electron chi connectivity index (χ0n) is 13.9. The first-order chi connectivity index (χ1) is 10.8. The van der Waals surface area contributed by atoms with Gasteiger partial charge in [0.2, 0.25) is 5.91 Å². The van der Waals surface area contributed by atoms with Crippen molar-refractivity contribution in [1.29, 1.82) is 0 Å². The Morgan fingerprint density at radius 1 is 1.13 bits per heavy atom. The van der Waals surface area contributed by atoms with E-state index in [2.05, 4.69) is 26.1 Å². The Morgan fingerprint density at radius 2 is 1.70 bits per heavy atom. The summed E-state index contributed by atoms with van der Waals surface area (Å²) in [5, 5.41) is 2.66. The Labute approximate surface area is 139 Å². The zero-order chi connectivity index (χ0) is 17.0. The molecule has 1 aromatic rings. The molecule has 0 aliphatic carbocycles. The molecular weight excluding hydrogens is 312 g/mol. The minimum atomic E-state index is -0.811. The van der Waals surface area contributed by atoms with Crippen LogP contribution in [0.2, 0.25) is 0 Å². The highest BCUT2D eigenvalue weighted by atomic mass is 32.2. The number of hydrogen-bond acceptors (Lipinski definition) is 3. The smallest absolute Gasteiger partial charge is 0.251 e. The van der Waals surface area contributed by atoms with Gasteiger partial charge >= 0.3 is 0 Å². The number of carbonyl (C=O) groups is 2. The largest absolute Gasteiger partial charge is 0.343 e. The second-order valence-electron chi connectivity index (χ2n) is 6.74. The third-order valence-corrected chi connectivity index (χ3v) is 5.22. The molecule has 0 saturated carbocycles. The first-order valence-corrected chi connectivity index (χ1v) is 9.27. The molecule has 1 heterocycles. The highest BCUT2D eigenvalue weighted by molar-refractivity contribution is 7.85. The molecule has 0 bridgehead atoms. The van der Waals surface area contributed by atoms with Gasteiger partial charge in [0.1, 0.15) is 0 Å². The lowest BCUT2D eigenvalue weighted by Gasteiger charge is -2.26. The number of rotatable bonds is 3. The van der Waals surface area contributed by atoms with E-state index in [1.54, 1.807) is 17.0 Å². The highest BCUT2D eigenvalue weighted by Gasteiger charge is 2.20. The summed E-state index contributed by atoms with van der Waals surface area (Å²) in [4.78, 5) is 25.8. The molecule has 2 rings (SSSR count). The summed E-state index contributed by atoms with van der Waals surface area (Å²) >= 11 is 0. The van der Waals surface area contributed by atoms with Crippen LogP contribution in [0, 0.1) is 0 Å². The lowest BCUT2D eigenvalue weighted by atomic mass is 9.87. The molecule has 5 nitrogen and oxygen atoms in total. The summed E-state index contributed by atoms with van der Waals surface area (Å²) in [6.45, 7) is 7.33. The van der Waals surface area contributed by atoms with E-state index in [0.717, 1.165) is 5.56 Å². The molecule has 126 valence electrons. The van der Waals surface area contributed by atoms with Gasteiger partial charge in [0.05, 0.1) is 6.54 Å². The van der Waals surface area contributed by atoms with Crippen LogP contribution in [0.25, 0.3) is 0 Å². The molecule has 1 N–H and O–H groups in total. The van der Waals surface area contributed by atoms with Gasteiger partial charge in [0.15, 0.2) is 0 Å². The number of benzene rings is 1. The van der Waals surface area contributed by atoms with Crippen molar-refractivity contribution >= 4 is 22.6 Å². The van der Waals surface area contributed by atoms with E-state index < -0.39 is 10.8 Å². The second kappa shape index (κ2) is 7.25. The summed E-state index contributed by atoms with van der Waals surface area (Å²) in [7, 11) is -0.811. The van der Waals surface area contributed by atoms with Gasteiger partial charge in [-0.15, -0.1) is 0 Å². The van der Waals surface area contributed by atoms with Gasteiger partial charge in [0.25, 0.3) is 5.91 Å². The van der Waals surface area contributed by atoms with Gasteiger partial charge in [-0.2, -0.15) is 0 Å². The van der Waals surface area contributed by atoms with Crippen molar-refractivity contribution in [3.8, 4) is 0 Å². The lowest BCUT2D eigenvalue weighted by molar-refractivity contribution is -0.129. The number of amides is 2. The topological polar surface area (TPSA) is 66.5 Å². The van der Waals surface area contributed by atoms with Crippen LogP contribution in [0.1, 0.15) is 36.7 Å². The summed E-state index contributed by atoms with van der Waals surface area (Å²) in [6.07, 6.45) is 0. The quantitative estimate of drug-likeness (QED) is 0.905. The van der Waals surface area contributed by atoms with Crippen molar-refractivity contribution in [3.05, 3.63) is 35.4 Å². The lowest BCUT2D eigenvalue weighted by Crippen LogP contribution is -2.46. The van der Waals surface area contributed by atoms with Gasteiger partial charge in [-0.3, -0.25) is 13.8 Å². The van der Waals surface area contributed by atoms with E-state index >= 15 is 0 Å². The first-order valence-electron chi connectivity index (χ1n) is 7.79. The maximum atomic E-state index is 12.1. The fourth-order valence-corrected chi connectivity index (χ4v) is 3.43. The fraction of sp³-hybridized carbons (Fsp3) is 0.529. The van der Waals surface area contributed by atoms with Crippen molar-refractivity contribution in [1.82, 2.24) is 10.2 Å². The minimum Gasteiger partial charge on any atom is -0.343 e. The summed E-state index contributed by atoms with van der Waals surface area (Å²) < 4.78 is 11.3. The monoisotopic (exact) mass is 336 g/mol. The average molecular weight is 336 g/mol. The van der Waals surface area contributed by atoms with Crippen molar-refractivity contribution in [3.63, 3.8) is 0 Å². The van der Waals surface area contributed by atoms with Crippen LogP contribution in [0.4, 0.5) is 0 Å². The Balaban J connectivity index is 1.87. The molecule has 1 saturated heterocycles. The van der Waals surface area contributed by atoms with Gasteiger partial charge in [-0.1, -0.05) is 32.9 Å². The molecule has 6 heteroatoms. The molecule has 23 heavy (non-hydrogen) atoms. The SMILES string of the molecule is CC(C)(C)c1ccc(C(=O)NCC(=O)N2CCS(=O)CC2)cc1. The van der Waals surface area contributed by atoms with Crippen LogP contribution in [-0.4, -0.2) is 52.1 Å². The van der Waals surface area contributed by atoms with Gasteiger partial charge in [-0.05, 0) is 23.1 Å². The molecule has 2 amide bonds. The third-order valence-electron chi connectivity index (χ3n) is 3.94. The molecule has 1 aliphatic rings. The minimum absolute atomic E-state index is 0.0213. The van der Waals surface area contributed by atoms with Gasteiger partial charge in [-0.25, -0.2) is 0 Å². The Bertz CT molecular complexity index is 595. The number of hydrogen-bond donors (Lipinski definition) is 1. The summed E-state index contributed by atoms with van der Waals surface area (Å²) in [6, 6.07) is 7.45. The van der Waals surface area contributed by atoms with Crippen molar-refractivity contribution < 1.29 is 13.8 Å². The molecule has 0 unspecified atom stereocenters. The second-order valence-corrected chi connectivity index (χ2v) is 8.44. The van der Waals surface area contributed by atoms with Crippen molar-refractivity contribution in [2.24, 2.45) is 0 Å². The van der Waals surface area contributed by atoms with Crippen molar-refractivity contribution in [2.45, 2.75) is 26.2 Å². The van der Waals surface area contributed by atoms with E-state index in [0.29, 0.717) is 30.2 Å². The van der Waals surface area contributed by atoms with E-state index in [1.165, 1.54) is 0 Å². The van der Waals surface area contributed by atoms with Crippen LogP contribution >= 0.6 is 0 Å². The number of carbonyl (C=O) groups excluding carboxylic acids is 2. The predicted octanol–water partition coefficient (Wildman–Crippen LogP) is 1.30. The van der Waals surface area contributed by atoms with E-state index in [1.807, 2.05) is 12.1 Å². The first kappa shape index (κ1) is 17.7. The van der Waals surface area contributed by atoms with Crippen LogP contribution in [0.15, 0.2) is 24.3 Å². The normalized spacial score (nSPS) is 16.2. The maximum Gasteiger partial charge on any atom is 0.251 e. The van der Waals surface area contributed by atoms with Crippen LogP contribution < -0.4 is 5.32 Å². The summed E-state index contributed by atoms with van der Waals surface area (Å²) in [5.74, 6) is 0.669. The predicted molar refractivity (Wildman–Crippen MR) is 91.9 cm³/mol. The van der Waals surface area contributed by atoms with E-state index in [-0.39, 0.29) is 23.8 Å². The van der Waals surface area contributed by atoms with Crippen LogP contribution in [-0.2, 0) is 21.0 Å². The average Bonchev–Trinajstić information content (AvgIpc) is 2.52. The molecule has 0 atom stereocenters. The standard InChI is InChI=1S/C17H24N2O3S/c1-17(2,3)14-6-4-13(5-7-14)16(21)18-12-15(20)19-8-10-23(22)11-9-19/h4-7H,8-12H2,1-3H3,(H,18,21). The Kier molecular flexibility index (Phi) is 5.57. The molecular formula is C17H24N2O3S. The zero-order valence-corrected chi connectivity index (χ0v) is 14.7. The molecule has 1 aliphatic heterocycles. The van der Waals surface area contributed by atoms with Crippen LogP contribution in [0.5, 0.6) is 0 Å². The number of nitrogens with one attached hydrogen (secondary N) is 1. The third kappa shape index (κ3) is 4.89. The molecule has 0 aromatic heterocycles. The molecule has 0 radical (unpaired) electrons. The molecule has 1 fully saturated rings. The Morgan fingerprint density at radius 3 is 2.22 bits per heavy atom. The summed E-state index contributed by atoms with van der Waals surface area (Å²) in [5.41, 5.74) is 1.75. The Hall–Kier alpha value is -1.69. The number of nitrogens with zero attached hydrogens (tertiary/aromatic N) is 1. The maximum absolute atomic E-state index is 12.1. The van der Waals surface area contributed by atoms with Gasteiger partial charge in [0, 0.05) is 41.0 Å². The van der Waals surface area contributed by atoms with Gasteiger partial charge < -0.3 is 10.2 Å². The molecule has 0 spiro atoms. The van der Waals surface area contributed by atoms with E-state index in [4.69, 9.17) is 0 Å². The van der Waals surface area contributed by atoms with Crippen LogP contribution in [0.3, 0.4) is 0 Å². The van der Waals surface area contributed by atoms with E-state index in [9.17, 15) is 13.8 Å². The van der Waals surface area contributed by atoms with Crippen molar-refractivity contribution in [2.75, 3.05) is 31.1 Å². The highest BCUT2D eigenvalue weighted by Crippen LogP contribution is 2.22.